The maximum Gasteiger partial charge on any atom is 0.164 e. The first kappa shape index (κ1) is 19.3. The van der Waals surface area contributed by atoms with Gasteiger partial charge in [0.15, 0.2) is 11.6 Å². The van der Waals surface area contributed by atoms with E-state index in [0.717, 1.165) is 38.5 Å². The molecule has 27 heavy (non-hydrogen) atoms. The molecule has 5 unspecified atom stereocenters. The number of aliphatic hydroxyl groups is 2. The molecule has 0 heterocycles. The lowest BCUT2D eigenvalue weighted by Crippen LogP contribution is -2.59. The van der Waals surface area contributed by atoms with Gasteiger partial charge in [0.05, 0.1) is 6.10 Å². The average molecular weight is 375 g/mol. The highest BCUT2D eigenvalue weighted by molar-refractivity contribution is 5.91. The molecular formula is C23H34O4. The van der Waals surface area contributed by atoms with Gasteiger partial charge in [-0.3, -0.25) is 9.59 Å². The van der Waals surface area contributed by atoms with Gasteiger partial charge in [0.1, 0.15) is 6.61 Å². The summed E-state index contributed by atoms with van der Waals surface area (Å²) in [6.07, 6.45) is 7.99. The van der Waals surface area contributed by atoms with Crippen molar-refractivity contribution in [1.82, 2.24) is 0 Å². The highest BCUT2D eigenvalue weighted by Crippen LogP contribution is 2.70. The molecule has 4 aliphatic carbocycles. The first-order valence-electron chi connectivity index (χ1n) is 10.8. The summed E-state index contributed by atoms with van der Waals surface area (Å²) in [6.45, 7) is 6.14. The van der Waals surface area contributed by atoms with E-state index < -0.39 is 18.1 Å². The number of carbonyl (C=O) groups excluding carboxylic acids is 2. The number of ketones is 2. The summed E-state index contributed by atoms with van der Waals surface area (Å²) in [5.74, 6) is 1.19. The lowest BCUT2D eigenvalue weighted by Gasteiger charge is -2.61. The Morgan fingerprint density at radius 3 is 2.63 bits per heavy atom. The number of fused-ring (bicyclic) bond motifs is 5. The molecule has 4 nitrogen and oxygen atoms in total. The molecule has 0 spiro atoms. The fraction of sp³-hybridized carbons (Fsp3) is 0.826. The second-order valence-corrected chi connectivity index (χ2v) is 10.1. The summed E-state index contributed by atoms with van der Waals surface area (Å²) >= 11 is 0. The van der Waals surface area contributed by atoms with Crippen LogP contribution in [0.4, 0.5) is 0 Å². The molecular weight excluding hydrogens is 340 g/mol. The fourth-order valence-electron chi connectivity index (χ4n) is 8.19. The van der Waals surface area contributed by atoms with Crippen LogP contribution >= 0.6 is 0 Å². The number of rotatable bonds is 3. The van der Waals surface area contributed by atoms with Crippen molar-refractivity contribution in [2.45, 2.75) is 78.2 Å². The minimum Gasteiger partial charge on any atom is -0.393 e. The summed E-state index contributed by atoms with van der Waals surface area (Å²) in [6, 6.07) is 0. The third-order valence-corrected chi connectivity index (χ3v) is 9.54. The van der Waals surface area contributed by atoms with Crippen LogP contribution in [0.1, 0.15) is 72.1 Å². The van der Waals surface area contributed by atoms with E-state index in [0.29, 0.717) is 24.7 Å². The first-order chi connectivity index (χ1) is 12.7. The van der Waals surface area contributed by atoms with Gasteiger partial charge in [0, 0.05) is 11.8 Å². The minimum absolute atomic E-state index is 0.0356. The number of aliphatic hydroxyl groups excluding tert-OH is 2. The maximum absolute atomic E-state index is 12.8. The molecule has 4 aliphatic rings. The lowest BCUT2D eigenvalue weighted by molar-refractivity contribution is -0.163. The molecule has 0 aromatic heterocycles. The van der Waals surface area contributed by atoms with Crippen LogP contribution in [0.2, 0.25) is 0 Å². The predicted octanol–water partition coefficient (Wildman–Crippen LogP) is 3.45. The Bertz CT molecular complexity index is 696. The van der Waals surface area contributed by atoms with Gasteiger partial charge in [0.2, 0.25) is 0 Å². The van der Waals surface area contributed by atoms with Gasteiger partial charge in [-0.25, -0.2) is 0 Å². The predicted molar refractivity (Wildman–Crippen MR) is 103 cm³/mol. The molecule has 0 aliphatic heterocycles. The van der Waals surface area contributed by atoms with Gasteiger partial charge in [-0.15, -0.1) is 0 Å². The zero-order valence-electron chi connectivity index (χ0n) is 17.0. The van der Waals surface area contributed by atoms with Gasteiger partial charge in [-0.2, -0.15) is 0 Å². The van der Waals surface area contributed by atoms with Crippen LogP contribution in [0.3, 0.4) is 0 Å². The van der Waals surface area contributed by atoms with Crippen molar-refractivity contribution in [2.24, 2.45) is 34.0 Å². The smallest absolute Gasteiger partial charge is 0.164 e. The van der Waals surface area contributed by atoms with Crippen molar-refractivity contribution in [3.63, 3.8) is 0 Å². The number of hydrogen-bond acceptors (Lipinski definition) is 4. The molecule has 0 bridgehead atoms. The zero-order valence-corrected chi connectivity index (χ0v) is 17.0. The average Bonchev–Trinajstić information content (AvgIpc) is 2.94. The molecule has 4 heteroatoms. The van der Waals surface area contributed by atoms with Crippen LogP contribution in [0.15, 0.2) is 11.6 Å². The number of hydrogen-bond donors (Lipinski definition) is 2. The molecule has 0 radical (unpaired) electrons. The number of carbonyl (C=O) groups is 2. The van der Waals surface area contributed by atoms with Crippen LogP contribution in [0, 0.1) is 34.0 Å². The van der Waals surface area contributed by atoms with Crippen LogP contribution in [-0.2, 0) is 9.59 Å². The van der Waals surface area contributed by atoms with Gasteiger partial charge >= 0.3 is 0 Å². The number of Topliss-reactive ketones (excluding diaryl/α,β-unsaturated/α-hetero) is 1. The Morgan fingerprint density at radius 1 is 1.22 bits per heavy atom. The van der Waals surface area contributed by atoms with E-state index in [4.69, 9.17) is 0 Å². The summed E-state index contributed by atoms with van der Waals surface area (Å²) in [5.41, 5.74) is 0.409. The Hall–Kier alpha value is -1.00. The van der Waals surface area contributed by atoms with Crippen LogP contribution < -0.4 is 0 Å². The Morgan fingerprint density at radius 2 is 1.96 bits per heavy atom. The van der Waals surface area contributed by atoms with Gasteiger partial charge < -0.3 is 10.2 Å². The normalized spacial score (nSPS) is 49.1. The molecule has 0 amide bonds. The van der Waals surface area contributed by atoms with E-state index in [1.54, 1.807) is 0 Å². The molecule has 150 valence electrons. The van der Waals surface area contributed by atoms with Crippen molar-refractivity contribution in [2.75, 3.05) is 6.61 Å². The molecule has 0 aromatic carbocycles. The molecule has 2 N–H and O–H groups in total. The van der Waals surface area contributed by atoms with Crippen molar-refractivity contribution in [3.8, 4) is 0 Å². The number of allylic oxidation sites excluding steroid dienone is 1. The van der Waals surface area contributed by atoms with E-state index in [9.17, 15) is 19.8 Å². The Kier molecular flexibility index (Phi) is 4.47. The first-order valence-corrected chi connectivity index (χ1v) is 10.8. The van der Waals surface area contributed by atoms with E-state index in [1.165, 1.54) is 5.57 Å². The van der Waals surface area contributed by atoms with Crippen LogP contribution in [0.25, 0.3) is 0 Å². The molecule has 0 aromatic rings. The van der Waals surface area contributed by atoms with Crippen molar-refractivity contribution >= 4 is 11.6 Å². The highest BCUT2D eigenvalue weighted by atomic mass is 16.3. The van der Waals surface area contributed by atoms with Gasteiger partial charge in [-0.1, -0.05) is 26.3 Å². The van der Waals surface area contributed by atoms with Crippen molar-refractivity contribution in [3.05, 3.63) is 11.6 Å². The Labute approximate surface area is 162 Å². The molecule has 3 fully saturated rings. The van der Waals surface area contributed by atoms with E-state index >= 15 is 0 Å². The Balaban J connectivity index is 1.75. The fourth-order valence-corrected chi connectivity index (χ4v) is 8.19. The second kappa shape index (κ2) is 6.25. The van der Waals surface area contributed by atoms with Crippen LogP contribution in [0.5, 0.6) is 0 Å². The molecule has 3 saturated carbocycles. The maximum atomic E-state index is 12.8. The zero-order chi connectivity index (χ0) is 19.6. The summed E-state index contributed by atoms with van der Waals surface area (Å²) in [7, 11) is 0. The largest absolute Gasteiger partial charge is 0.393 e. The standard InChI is InChI=1S/C23H34O4/c1-4-23(19(27)13-24)10-8-17-16-6-5-14-11-15(25)7-9-21(14,2)20(16)18(26)12-22(17,23)3/h11,16-18,20,24,26H,4-10,12-13H2,1-3H3/t16?,17?,18-,20?,21?,22?,23-/m0/s1. The topological polar surface area (TPSA) is 74.6 Å². The van der Waals surface area contributed by atoms with Crippen molar-refractivity contribution < 1.29 is 19.8 Å². The van der Waals surface area contributed by atoms with Crippen LogP contribution in [-0.4, -0.2) is 34.5 Å². The van der Waals surface area contributed by atoms with E-state index in [-0.39, 0.29) is 28.3 Å². The highest BCUT2D eigenvalue weighted by Gasteiger charge is 2.67. The third kappa shape index (κ3) is 2.35. The van der Waals surface area contributed by atoms with E-state index in [2.05, 4.69) is 20.8 Å². The lowest BCUT2D eigenvalue weighted by atomic mass is 9.44. The summed E-state index contributed by atoms with van der Waals surface area (Å²) < 4.78 is 0. The second-order valence-electron chi connectivity index (χ2n) is 10.1. The van der Waals surface area contributed by atoms with Gasteiger partial charge in [-0.05, 0) is 79.6 Å². The SMILES string of the molecule is CC[C@@]1(C(=O)CO)CCC2C3CCC4=CC(=O)CCC4(C)C3[C@@H](O)CC21C. The monoisotopic (exact) mass is 374 g/mol. The molecule has 0 saturated heterocycles. The summed E-state index contributed by atoms with van der Waals surface area (Å²) in [5, 5.41) is 21.0. The van der Waals surface area contributed by atoms with Crippen molar-refractivity contribution in [1.29, 1.82) is 0 Å². The van der Waals surface area contributed by atoms with E-state index in [1.807, 2.05) is 6.08 Å². The molecule has 7 atom stereocenters. The minimum atomic E-state index is -0.502. The summed E-state index contributed by atoms with van der Waals surface area (Å²) in [4.78, 5) is 24.8. The van der Waals surface area contributed by atoms with Gasteiger partial charge in [0.25, 0.3) is 0 Å². The molecule has 4 rings (SSSR count). The third-order valence-electron chi connectivity index (χ3n) is 9.54. The quantitative estimate of drug-likeness (QED) is 0.793.